The molecule has 0 aromatic rings. The van der Waals surface area contributed by atoms with Crippen LogP contribution in [0.25, 0.3) is 0 Å². The third-order valence-electron chi connectivity index (χ3n) is 4.11. The molecule has 0 aliphatic carbocycles. The Morgan fingerprint density at radius 2 is 0.757 bits per heavy atom. The molecule has 0 aliphatic rings. The highest BCUT2D eigenvalue weighted by Gasteiger charge is 2.14. The van der Waals surface area contributed by atoms with E-state index in [1.807, 2.05) is 0 Å². The molecule has 0 saturated carbocycles. The second-order valence-corrected chi connectivity index (χ2v) is 7.04. The second kappa shape index (κ2) is 28.8. The van der Waals surface area contributed by atoms with Crippen LogP contribution in [0.4, 0.5) is 4.39 Å². The van der Waals surface area contributed by atoms with E-state index in [0.717, 1.165) is 0 Å². The summed E-state index contributed by atoms with van der Waals surface area (Å²) in [5.41, 5.74) is 0. The van der Waals surface area contributed by atoms with E-state index < -0.39 is 24.4 Å². The average molecular weight is 545 g/mol. The highest BCUT2D eigenvalue weighted by atomic mass is 19.1. The van der Waals surface area contributed by atoms with Gasteiger partial charge < -0.3 is 47.7 Å². The van der Waals surface area contributed by atoms with Crippen molar-refractivity contribution in [2.45, 2.75) is 12.8 Å². The predicted octanol–water partition coefficient (Wildman–Crippen LogP) is 0.0658. The molecule has 1 N–H and O–H groups in total. The monoisotopic (exact) mass is 544 g/mol. The molecule has 0 radical (unpaired) electrons. The molecular formula is C23H41FO13. The number of hydrogen-bond donors (Lipinski definition) is 1. The summed E-state index contributed by atoms with van der Waals surface area (Å²) >= 11 is 0. The van der Waals surface area contributed by atoms with Gasteiger partial charge in [0.2, 0.25) is 5.78 Å². The van der Waals surface area contributed by atoms with Crippen molar-refractivity contribution in [1.29, 1.82) is 0 Å². The van der Waals surface area contributed by atoms with Crippen LogP contribution in [0.1, 0.15) is 12.8 Å². The van der Waals surface area contributed by atoms with E-state index in [9.17, 15) is 18.8 Å². The molecule has 0 atom stereocenters. The summed E-state index contributed by atoms with van der Waals surface area (Å²) in [6, 6.07) is 0. The van der Waals surface area contributed by atoms with E-state index in [2.05, 4.69) is 0 Å². The number of alkyl halides is 1. The highest BCUT2D eigenvalue weighted by molar-refractivity contribution is 6.32. The topological polar surface area (TPSA) is 155 Å². The first-order valence-corrected chi connectivity index (χ1v) is 12.2. The van der Waals surface area contributed by atoms with Gasteiger partial charge in [-0.3, -0.25) is 9.59 Å². The third-order valence-corrected chi connectivity index (χ3v) is 4.11. The molecule has 0 unspecified atom stereocenters. The fourth-order valence-corrected chi connectivity index (χ4v) is 2.31. The van der Waals surface area contributed by atoms with Crippen molar-refractivity contribution in [3.8, 4) is 0 Å². The Bertz CT molecular complexity index is 551. The number of Topliss-reactive ketones (excluding diaryl/α,β-unsaturated/α-hetero) is 1. The Morgan fingerprint density at radius 1 is 0.459 bits per heavy atom. The Morgan fingerprint density at radius 3 is 1.05 bits per heavy atom. The van der Waals surface area contributed by atoms with Crippen molar-refractivity contribution in [1.82, 2.24) is 0 Å². The minimum atomic E-state index is -1.56. The lowest BCUT2D eigenvalue weighted by atomic mass is 10.2. The van der Waals surface area contributed by atoms with Crippen LogP contribution in [0.5, 0.6) is 0 Å². The first kappa shape index (κ1) is 35.2. The predicted molar refractivity (Wildman–Crippen MR) is 125 cm³/mol. The number of carbonyl (C=O) groups is 3. The summed E-state index contributed by atoms with van der Waals surface area (Å²) in [5, 5.41) is 8.41. The fraction of sp³-hybridized carbons (Fsp3) is 0.870. The molecule has 0 saturated heterocycles. The van der Waals surface area contributed by atoms with E-state index in [4.69, 9.17) is 47.7 Å². The SMILES string of the molecule is O=C(CCC(=O)C(=O)O)OCCOCCOCCOCCOCCOCCOCCOCCOCCF. The summed E-state index contributed by atoms with van der Waals surface area (Å²) in [5.74, 6) is -3.24. The molecule has 0 amide bonds. The molecule has 0 bridgehead atoms. The van der Waals surface area contributed by atoms with Gasteiger partial charge in [0.15, 0.2) is 0 Å². The maximum atomic E-state index is 11.8. The van der Waals surface area contributed by atoms with Crippen LogP contribution >= 0.6 is 0 Å². The number of halogens is 1. The lowest BCUT2D eigenvalue weighted by Crippen LogP contribution is -2.17. The Hall–Kier alpha value is -1.78. The molecule has 0 rings (SSSR count). The van der Waals surface area contributed by atoms with Gasteiger partial charge in [-0.1, -0.05) is 0 Å². The Labute approximate surface area is 216 Å². The molecular weight excluding hydrogens is 503 g/mol. The standard InChI is InChI=1S/C23H41FO13/c24-3-4-29-5-6-30-7-8-31-9-10-32-11-12-33-13-14-34-15-16-35-17-18-36-19-20-37-22(26)2-1-21(25)23(27)28/h1-20H2,(H,27,28). The number of carbonyl (C=O) groups excluding carboxylic acids is 2. The van der Waals surface area contributed by atoms with Gasteiger partial charge in [-0.15, -0.1) is 0 Å². The number of rotatable bonds is 30. The summed E-state index contributed by atoms with van der Waals surface area (Å²) in [4.78, 5) is 32.5. The molecule has 13 nitrogen and oxygen atoms in total. The maximum absolute atomic E-state index is 11.8. The van der Waals surface area contributed by atoms with Crippen LogP contribution < -0.4 is 0 Å². The summed E-state index contributed by atoms with van der Waals surface area (Å²) < 4.78 is 58.8. The van der Waals surface area contributed by atoms with Gasteiger partial charge >= 0.3 is 11.9 Å². The summed E-state index contributed by atoms with van der Waals surface area (Å²) in [7, 11) is 0. The zero-order chi connectivity index (χ0) is 27.2. The molecule has 0 fully saturated rings. The molecule has 0 aromatic heterocycles. The van der Waals surface area contributed by atoms with E-state index in [0.29, 0.717) is 92.5 Å². The van der Waals surface area contributed by atoms with Crippen LogP contribution in [0.15, 0.2) is 0 Å². The zero-order valence-corrected chi connectivity index (χ0v) is 21.4. The van der Waals surface area contributed by atoms with E-state index in [1.165, 1.54) is 0 Å². The normalized spacial score (nSPS) is 11.1. The number of esters is 1. The van der Waals surface area contributed by atoms with Gasteiger partial charge in [-0.25, -0.2) is 9.18 Å². The van der Waals surface area contributed by atoms with E-state index >= 15 is 0 Å². The third kappa shape index (κ3) is 28.6. The van der Waals surface area contributed by atoms with E-state index in [1.54, 1.807) is 0 Å². The van der Waals surface area contributed by atoms with Gasteiger partial charge in [0.05, 0.1) is 112 Å². The molecule has 0 aliphatic heterocycles. The zero-order valence-electron chi connectivity index (χ0n) is 21.4. The Balaban J connectivity index is 3.13. The van der Waals surface area contributed by atoms with Crippen LogP contribution in [0.2, 0.25) is 0 Å². The van der Waals surface area contributed by atoms with Crippen molar-refractivity contribution >= 4 is 17.7 Å². The molecule has 0 aromatic carbocycles. The molecule has 14 heteroatoms. The smallest absolute Gasteiger partial charge is 0.372 e. The minimum Gasteiger partial charge on any atom is -0.476 e. The first-order valence-electron chi connectivity index (χ1n) is 12.2. The largest absolute Gasteiger partial charge is 0.476 e. The van der Waals surface area contributed by atoms with Crippen molar-refractivity contribution in [2.75, 3.05) is 119 Å². The number of carboxylic acids is 1. The molecule has 37 heavy (non-hydrogen) atoms. The average Bonchev–Trinajstić information content (AvgIpc) is 2.89. The van der Waals surface area contributed by atoms with Crippen LogP contribution in [-0.2, 0) is 57.0 Å². The highest BCUT2D eigenvalue weighted by Crippen LogP contribution is 1.95. The van der Waals surface area contributed by atoms with Crippen molar-refractivity contribution < 1.29 is 66.5 Å². The van der Waals surface area contributed by atoms with Gasteiger partial charge in [-0.2, -0.15) is 0 Å². The molecule has 218 valence electrons. The van der Waals surface area contributed by atoms with Gasteiger partial charge in [-0.05, 0) is 0 Å². The number of ketones is 1. The molecule has 0 heterocycles. The number of ether oxygens (including phenoxy) is 9. The Kier molecular flexibility index (Phi) is 27.4. The number of aliphatic carboxylic acids is 1. The van der Waals surface area contributed by atoms with Gasteiger partial charge in [0.1, 0.15) is 13.3 Å². The lowest BCUT2D eigenvalue weighted by molar-refractivity contribution is -0.151. The van der Waals surface area contributed by atoms with Crippen molar-refractivity contribution in [2.24, 2.45) is 0 Å². The maximum Gasteiger partial charge on any atom is 0.372 e. The van der Waals surface area contributed by atoms with Crippen LogP contribution in [-0.4, -0.2) is 142 Å². The number of carboxylic acid groups (broad SMARTS) is 1. The van der Waals surface area contributed by atoms with Gasteiger partial charge in [0.25, 0.3) is 0 Å². The first-order chi connectivity index (χ1) is 18.1. The lowest BCUT2D eigenvalue weighted by Gasteiger charge is -2.08. The van der Waals surface area contributed by atoms with Crippen molar-refractivity contribution in [3.63, 3.8) is 0 Å². The van der Waals surface area contributed by atoms with Crippen LogP contribution in [0.3, 0.4) is 0 Å². The number of hydrogen-bond acceptors (Lipinski definition) is 12. The second-order valence-electron chi connectivity index (χ2n) is 7.04. The van der Waals surface area contributed by atoms with Crippen molar-refractivity contribution in [3.05, 3.63) is 0 Å². The van der Waals surface area contributed by atoms with Crippen LogP contribution in [0, 0.1) is 0 Å². The fourth-order valence-electron chi connectivity index (χ4n) is 2.31. The molecule has 0 spiro atoms. The summed E-state index contributed by atoms with van der Waals surface area (Å²) in [6.07, 6.45) is -0.661. The quantitative estimate of drug-likeness (QED) is 0.0737. The minimum absolute atomic E-state index is 0.0129. The van der Waals surface area contributed by atoms with E-state index in [-0.39, 0.29) is 32.7 Å². The van der Waals surface area contributed by atoms with Gasteiger partial charge in [0, 0.05) is 6.42 Å². The summed E-state index contributed by atoms with van der Waals surface area (Å²) in [6.45, 7) is 5.68.